The van der Waals surface area contributed by atoms with Crippen LogP contribution in [0.5, 0.6) is 0 Å². The topological polar surface area (TPSA) is 112 Å². The lowest BCUT2D eigenvalue weighted by molar-refractivity contribution is -0.180. The molecule has 2 atom stereocenters. The molecule has 1 amide bonds. The Balaban J connectivity index is 2.01. The molecule has 7 nitrogen and oxygen atoms in total. The Morgan fingerprint density at radius 2 is 2.00 bits per heavy atom. The summed E-state index contributed by atoms with van der Waals surface area (Å²) in [6.45, 7) is 3.26. The smallest absolute Gasteiger partial charge is 0.405 e. The highest BCUT2D eigenvalue weighted by atomic mass is 19.4. The Morgan fingerprint density at radius 3 is 2.61 bits per heavy atom. The van der Waals surface area contributed by atoms with Crippen LogP contribution in [0.1, 0.15) is 32.3 Å². The highest BCUT2D eigenvalue weighted by Gasteiger charge is 2.46. The molecule has 31 heavy (non-hydrogen) atoms. The summed E-state index contributed by atoms with van der Waals surface area (Å²) in [5.74, 6) is -2.01. The number of piperidine rings is 1. The summed E-state index contributed by atoms with van der Waals surface area (Å²) in [4.78, 5) is 27.1. The zero-order valence-corrected chi connectivity index (χ0v) is 17.1. The van der Waals surface area contributed by atoms with E-state index in [1.807, 2.05) is 6.07 Å². The van der Waals surface area contributed by atoms with Crippen molar-refractivity contribution in [3.8, 4) is 6.07 Å². The summed E-state index contributed by atoms with van der Waals surface area (Å²) in [7, 11) is 0. The van der Waals surface area contributed by atoms with Crippen molar-refractivity contribution < 1.29 is 22.7 Å². The maximum Gasteiger partial charge on any atom is 0.405 e. The number of nitrogens with one attached hydrogen (secondary N) is 1. The van der Waals surface area contributed by atoms with Gasteiger partial charge in [-0.25, -0.2) is 4.79 Å². The third kappa shape index (κ3) is 5.10. The van der Waals surface area contributed by atoms with Crippen LogP contribution in [0.15, 0.2) is 29.1 Å². The molecule has 1 aliphatic heterocycles. The summed E-state index contributed by atoms with van der Waals surface area (Å²) < 4.78 is 46.2. The number of amides is 1. The quantitative estimate of drug-likeness (QED) is 0.760. The highest BCUT2D eigenvalue weighted by molar-refractivity contribution is 5.95. The van der Waals surface area contributed by atoms with Crippen molar-refractivity contribution in [2.45, 2.75) is 38.5 Å². The zero-order chi connectivity index (χ0) is 23.0. The van der Waals surface area contributed by atoms with Crippen molar-refractivity contribution in [2.24, 2.45) is 17.6 Å². The van der Waals surface area contributed by atoms with Gasteiger partial charge in [-0.05, 0) is 50.8 Å². The fourth-order valence-corrected chi connectivity index (χ4v) is 4.40. The maximum atomic E-state index is 13.7. The van der Waals surface area contributed by atoms with Gasteiger partial charge in [-0.1, -0.05) is 0 Å². The number of carbonyl (C=O) groups excluding carboxylic acids is 1. The van der Waals surface area contributed by atoms with Gasteiger partial charge in [-0.3, -0.25) is 4.79 Å². The summed E-state index contributed by atoms with van der Waals surface area (Å²) in [6.07, 6.45) is -5.28. The molecule has 1 aromatic carbocycles. The summed E-state index contributed by atoms with van der Waals surface area (Å²) >= 11 is 0. The molecule has 1 fully saturated rings. The molecule has 3 rings (SSSR count). The fraction of sp³-hybridized carbons (Fsp3) is 0.476. The number of anilines is 1. The first-order chi connectivity index (χ1) is 14.4. The Hall–Kier alpha value is -3.22. The number of nitrogens with zero attached hydrogens (tertiary/aromatic N) is 2. The largest absolute Gasteiger partial charge is 0.444 e. The average molecular weight is 436 g/mol. The second kappa shape index (κ2) is 8.13. The molecule has 2 aromatic rings. The Kier molecular flexibility index (Phi) is 5.89. The van der Waals surface area contributed by atoms with Gasteiger partial charge >= 0.3 is 12.3 Å². The van der Waals surface area contributed by atoms with Gasteiger partial charge in [0.2, 0.25) is 5.56 Å². The minimum absolute atomic E-state index is 0.101. The lowest BCUT2D eigenvalue weighted by Gasteiger charge is -2.42. The first-order valence-electron chi connectivity index (χ1n) is 9.76. The van der Waals surface area contributed by atoms with E-state index in [0.717, 1.165) is 0 Å². The third-order valence-corrected chi connectivity index (χ3v) is 5.49. The van der Waals surface area contributed by atoms with Crippen LogP contribution in [0, 0.1) is 23.2 Å². The van der Waals surface area contributed by atoms with Crippen molar-refractivity contribution in [1.82, 2.24) is 4.98 Å². The predicted octanol–water partition coefficient (Wildman–Crippen LogP) is 3.67. The van der Waals surface area contributed by atoms with Crippen molar-refractivity contribution in [3.05, 3.63) is 40.2 Å². The van der Waals surface area contributed by atoms with E-state index >= 15 is 0 Å². The molecule has 10 heteroatoms. The molecule has 1 saturated heterocycles. The second-order valence-corrected chi connectivity index (χ2v) is 8.49. The van der Waals surface area contributed by atoms with Gasteiger partial charge in [0, 0.05) is 30.2 Å². The fourth-order valence-electron chi connectivity index (χ4n) is 4.40. The van der Waals surface area contributed by atoms with E-state index in [1.165, 1.54) is 18.2 Å². The minimum Gasteiger partial charge on any atom is -0.444 e. The van der Waals surface area contributed by atoms with Crippen LogP contribution >= 0.6 is 0 Å². The van der Waals surface area contributed by atoms with Gasteiger partial charge in [0.25, 0.3) is 0 Å². The SMILES string of the molecule is CC(C)(C[C@H]1C[C@H](C(F)(F)F)CN(c2ccc(C#N)c3[nH]c(=O)ccc23)C1)OC(N)=O. The number of aromatic amines is 1. The number of hydrogen-bond donors (Lipinski definition) is 2. The van der Waals surface area contributed by atoms with Crippen molar-refractivity contribution >= 4 is 22.7 Å². The van der Waals surface area contributed by atoms with Crippen LogP contribution in [0.25, 0.3) is 10.9 Å². The van der Waals surface area contributed by atoms with E-state index in [9.17, 15) is 28.0 Å². The summed E-state index contributed by atoms with van der Waals surface area (Å²) in [5.41, 5.74) is 4.68. The number of nitriles is 1. The van der Waals surface area contributed by atoms with Crippen LogP contribution in [-0.4, -0.2) is 35.9 Å². The number of H-pyrrole nitrogens is 1. The van der Waals surface area contributed by atoms with E-state index < -0.39 is 35.3 Å². The zero-order valence-electron chi connectivity index (χ0n) is 17.1. The second-order valence-electron chi connectivity index (χ2n) is 8.49. The van der Waals surface area contributed by atoms with E-state index in [4.69, 9.17) is 10.5 Å². The first-order valence-corrected chi connectivity index (χ1v) is 9.76. The van der Waals surface area contributed by atoms with Crippen LogP contribution < -0.4 is 16.2 Å². The van der Waals surface area contributed by atoms with E-state index in [0.29, 0.717) is 11.1 Å². The monoisotopic (exact) mass is 436 g/mol. The molecule has 0 spiro atoms. The van der Waals surface area contributed by atoms with Gasteiger partial charge in [0.05, 0.1) is 17.0 Å². The summed E-state index contributed by atoms with van der Waals surface area (Å²) in [6, 6.07) is 7.86. The van der Waals surface area contributed by atoms with E-state index in [2.05, 4.69) is 4.98 Å². The van der Waals surface area contributed by atoms with Crippen molar-refractivity contribution in [1.29, 1.82) is 5.26 Å². The first kappa shape index (κ1) is 22.5. The number of carbonyl (C=O) groups is 1. The van der Waals surface area contributed by atoms with E-state index in [1.54, 1.807) is 24.8 Å². The van der Waals surface area contributed by atoms with Crippen LogP contribution in [0.2, 0.25) is 0 Å². The number of rotatable bonds is 4. The molecule has 166 valence electrons. The van der Waals surface area contributed by atoms with Crippen molar-refractivity contribution in [2.75, 3.05) is 18.0 Å². The molecule has 1 aromatic heterocycles. The molecular weight excluding hydrogens is 413 g/mol. The third-order valence-electron chi connectivity index (χ3n) is 5.49. The number of pyridine rings is 1. The molecular formula is C21H23F3N4O3. The van der Waals surface area contributed by atoms with E-state index in [-0.39, 0.29) is 37.0 Å². The number of hydrogen-bond acceptors (Lipinski definition) is 5. The number of halogens is 3. The Bertz CT molecular complexity index is 1090. The minimum atomic E-state index is -4.40. The number of nitrogens with two attached hydrogens (primary N) is 1. The van der Waals surface area contributed by atoms with Crippen molar-refractivity contribution in [3.63, 3.8) is 0 Å². The average Bonchev–Trinajstić information content (AvgIpc) is 2.64. The lowest BCUT2D eigenvalue weighted by atomic mass is 9.82. The summed E-state index contributed by atoms with van der Waals surface area (Å²) in [5, 5.41) is 9.83. The van der Waals surface area contributed by atoms with Gasteiger partial charge in [-0.2, -0.15) is 18.4 Å². The molecule has 2 heterocycles. The number of fused-ring (bicyclic) bond motifs is 1. The molecule has 0 unspecified atom stereocenters. The number of aromatic nitrogens is 1. The van der Waals surface area contributed by atoms with Gasteiger partial charge in [0.15, 0.2) is 0 Å². The standard InChI is InChI=1S/C21H23F3N4O3/c1-20(2,31-19(26)30)8-12-7-14(21(22,23)24)11-28(10-12)16-5-3-13(9-25)18-15(16)4-6-17(29)27-18/h3-6,12,14H,7-8,10-11H2,1-2H3,(H2,26,30)(H,27,29)/t12-,14+/m1/s1. The highest BCUT2D eigenvalue weighted by Crippen LogP contribution is 2.41. The number of ether oxygens (including phenoxy) is 1. The van der Waals surface area contributed by atoms with Crippen LogP contribution in [-0.2, 0) is 4.74 Å². The molecule has 0 bridgehead atoms. The normalized spacial score (nSPS) is 19.8. The molecule has 1 aliphatic rings. The maximum absolute atomic E-state index is 13.7. The van der Waals surface area contributed by atoms with Gasteiger partial charge in [-0.15, -0.1) is 0 Å². The number of benzene rings is 1. The lowest BCUT2D eigenvalue weighted by Crippen LogP contribution is -2.48. The van der Waals surface area contributed by atoms with Gasteiger partial charge in [0.1, 0.15) is 11.7 Å². The number of alkyl halides is 3. The molecule has 0 aliphatic carbocycles. The van der Waals surface area contributed by atoms with Crippen LogP contribution in [0.3, 0.4) is 0 Å². The Labute approximate surface area is 176 Å². The van der Waals surface area contributed by atoms with Crippen LogP contribution in [0.4, 0.5) is 23.7 Å². The van der Waals surface area contributed by atoms with Gasteiger partial charge < -0.3 is 20.4 Å². The molecule has 0 saturated carbocycles. The molecule has 3 N–H and O–H groups in total. The Morgan fingerprint density at radius 1 is 1.29 bits per heavy atom. The number of primary amides is 1. The molecule has 0 radical (unpaired) electrons. The predicted molar refractivity (Wildman–Crippen MR) is 109 cm³/mol.